The second-order valence-corrected chi connectivity index (χ2v) is 7.46. The lowest BCUT2D eigenvalue weighted by atomic mass is 9.85. The van der Waals surface area contributed by atoms with Gasteiger partial charge in [0, 0.05) is 30.3 Å². The van der Waals surface area contributed by atoms with E-state index in [-0.39, 0.29) is 11.7 Å². The van der Waals surface area contributed by atoms with Crippen molar-refractivity contribution in [2.45, 2.75) is 12.3 Å². The molecule has 0 aliphatic rings. The van der Waals surface area contributed by atoms with Gasteiger partial charge in [-0.1, -0.05) is 71.9 Å². The van der Waals surface area contributed by atoms with Gasteiger partial charge in [0.25, 0.3) is 0 Å². The molecule has 1 atom stereocenters. The Morgan fingerprint density at radius 2 is 1.39 bits per heavy atom. The average molecular weight is 438 g/mol. The SMILES string of the molecule is O=C(O)Oc1ccc(-c2ccc(C(C/C(=N\O)c3ccncc3)c3ccccc3)cc2)cc1. The van der Waals surface area contributed by atoms with Gasteiger partial charge in [0.1, 0.15) is 5.75 Å². The van der Waals surface area contributed by atoms with Crippen molar-refractivity contribution >= 4 is 11.9 Å². The number of carboxylic acid groups (broad SMARTS) is 1. The zero-order valence-corrected chi connectivity index (χ0v) is 17.7. The van der Waals surface area contributed by atoms with Gasteiger partial charge in [-0.25, -0.2) is 4.79 Å². The Morgan fingerprint density at radius 3 is 1.97 bits per heavy atom. The van der Waals surface area contributed by atoms with Crippen LogP contribution in [-0.4, -0.2) is 27.2 Å². The first-order valence-corrected chi connectivity index (χ1v) is 10.4. The Morgan fingerprint density at radius 1 is 0.818 bits per heavy atom. The Hall–Kier alpha value is -4.45. The molecule has 3 aromatic carbocycles. The highest BCUT2D eigenvalue weighted by atomic mass is 16.7. The average Bonchev–Trinajstić information content (AvgIpc) is 2.86. The van der Waals surface area contributed by atoms with Crippen LogP contribution in [0.4, 0.5) is 4.79 Å². The van der Waals surface area contributed by atoms with E-state index in [1.807, 2.05) is 54.6 Å². The molecule has 0 fully saturated rings. The number of pyridine rings is 1. The highest BCUT2D eigenvalue weighted by molar-refractivity contribution is 6.00. The number of oxime groups is 1. The van der Waals surface area contributed by atoms with E-state index < -0.39 is 6.16 Å². The predicted octanol–water partition coefficient (Wildman–Crippen LogP) is 6.21. The molecule has 164 valence electrons. The maximum absolute atomic E-state index is 10.7. The normalized spacial score (nSPS) is 12.2. The molecule has 4 aromatic rings. The number of benzene rings is 3. The fraction of sp³-hybridized carbons (Fsp3) is 0.0741. The number of ether oxygens (including phenoxy) is 1. The quantitative estimate of drug-likeness (QED) is 0.118. The molecule has 2 N–H and O–H groups in total. The summed E-state index contributed by atoms with van der Waals surface area (Å²) >= 11 is 0. The summed E-state index contributed by atoms with van der Waals surface area (Å²) in [5.41, 5.74) is 5.57. The number of carbonyl (C=O) groups is 1. The molecule has 6 heteroatoms. The van der Waals surface area contributed by atoms with Gasteiger partial charge in [-0.3, -0.25) is 4.98 Å². The van der Waals surface area contributed by atoms with Crippen molar-refractivity contribution in [3.8, 4) is 16.9 Å². The van der Waals surface area contributed by atoms with E-state index in [0.29, 0.717) is 12.1 Å². The molecule has 0 aliphatic carbocycles. The van der Waals surface area contributed by atoms with Crippen LogP contribution < -0.4 is 4.74 Å². The summed E-state index contributed by atoms with van der Waals surface area (Å²) in [6, 6.07) is 28.9. The molecule has 1 heterocycles. The number of nitrogens with zero attached hydrogens (tertiary/aromatic N) is 2. The van der Waals surface area contributed by atoms with Gasteiger partial charge in [-0.05, 0) is 46.5 Å². The van der Waals surface area contributed by atoms with Crippen LogP contribution in [0.15, 0.2) is 109 Å². The Balaban J connectivity index is 1.62. The second kappa shape index (κ2) is 10.2. The van der Waals surface area contributed by atoms with Crippen molar-refractivity contribution in [3.63, 3.8) is 0 Å². The third-order valence-electron chi connectivity index (χ3n) is 5.44. The summed E-state index contributed by atoms with van der Waals surface area (Å²) in [5, 5.41) is 22.0. The van der Waals surface area contributed by atoms with Crippen LogP contribution in [-0.2, 0) is 0 Å². The summed E-state index contributed by atoms with van der Waals surface area (Å²) in [6.07, 6.45) is 2.54. The van der Waals surface area contributed by atoms with Gasteiger partial charge in [0.05, 0.1) is 5.71 Å². The van der Waals surface area contributed by atoms with Crippen molar-refractivity contribution in [2.24, 2.45) is 5.16 Å². The zero-order valence-electron chi connectivity index (χ0n) is 17.7. The van der Waals surface area contributed by atoms with E-state index in [2.05, 4.69) is 39.1 Å². The molecule has 0 radical (unpaired) electrons. The van der Waals surface area contributed by atoms with E-state index >= 15 is 0 Å². The van der Waals surface area contributed by atoms with E-state index in [9.17, 15) is 10.0 Å². The largest absolute Gasteiger partial charge is 0.511 e. The first kappa shape index (κ1) is 21.8. The Kier molecular flexibility index (Phi) is 6.75. The Labute approximate surface area is 191 Å². The van der Waals surface area contributed by atoms with Crippen LogP contribution in [0.2, 0.25) is 0 Å². The van der Waals surface area contributed by atoms with Gasteiger partial charge in [-0.15, -0.1) is 0 Å². The van der Waals surface area contributed by atoms with Crippen LogP contribution in [0.1, 0.15) is 29.0 Å². The minimum absolute atomic E-state index is 0.00865. The summed E-state index contributed by atoms with van der Waals surface area (Å²) in [6.45, 7) is 0. The lowest BCUT2D eigenvalue weighted by Crippen LogP contribution is -2.10. The van der Waals surface area contributed by atoms with Crippen molar-refractivity contribution in [1.29, 1.82) is 0 Å². The smallest absolute Gasteiger partial charge is 0.449 e. The monoisotopic (exact) mass is 438 g/mol. The fourth-order valence-electron chi connectivity index (χ4n) is 3.79. The van der Waals surface area contributed by atoms with Gasteiger partial charge in [-0.2, -0.15) is 0 Å². The predicted molar refractivity (Wildman–Crippen MR) is 126 cm³/mol. The third kappa shape index (κ3) is 5.43. The third-order valence-corrected chi connectivity index (χ3v) is 5.44. The molecule has 6 nitrogen and oxygen atoms in total. The van der Waals surface area contributed by atoms with Crippen molar-refractivity contribution in [1.82, 2.24) is 4.98 Å². The minimum atomic E-state index is -1.34. The van der Waals surface area contributed by atoms with Gasteiger partial charge in [0.15, 0.2) is 0 Å². The molecule has 0 saturated heterocycles. The Bertz CT molecular complexity index is 1220. The second-order valence-electron chi connectivity index (χ2n) is 7.46. The van der Waals surface area contributed by atoms with Crippen molar-refractivity contribution < 1.29 is 19.8 Å². The highest BCUT2D eigenvalue weighted by Gasteiger charge is 2.19. The number of hydrogen-bond acceptors (Lipinski definition) is 5. The van der Waals surface area contributed by atoms with Gasteiger partial charge >= 0.3 is 6.16 Å². The molecule has 0 saturated carbocycles. The topological polar surface area (TPSA) is 92.0 Å². The molecule has 1 aromatic heterocycles. The van der Waals surface area contributed by atoms with E-state index in [1.54, 1.807) is 24.5 Å². The van der Waals surface area contributed by atoms with Gasteiger partial charge < -0.3 is 15.1 Å². The first-order chi connectivity index (χ1) is 16.1. The summed E-state index contributed by atoms with van der Waals surface area (Å²) < 4.78 is 4.67. The van der Waals surface area contributed by atoms with E-state index in [4.69, 9.17) is 5.11 Å². The molecule has 1 unspecified atom stereocenters. The van der Waals surface area contributed by atoms with Crippen LogP contribution in [0.3, 0.4) is 0 Å². The zero-order chi connectivity index (χ0) is 23.0. The highest BCUT2D eigenvalue weighted by Crippen LogP contribution is 2.32. The van der Waals surface area contributed by atoms with Crippen LogP contribution >= 0.6 is 0 Å². The molecule has 0 amide bonds. The fourth-order valence-corrected chi connectivity index (χ4v) is 3.79. The van der Waals surface area contributed by atoms with E-state index in [0.717, 1.165) is 27.8 Å². The molecule has 4 rings (SSSR count). The maximum Gasteiger partial charge on any atom is 0.511 e. The number of rotatable bonds is 7. The van der Waals surface area contributed by atoms with Crippen molar-refractivity contribution in [2.75, 3.05) is 0 Å². The molecule has 0 spiro atoms. The van der Waals surface area contributed by atoms with E-state index in [1.165, 1.54) is 0 Å². The van der Waals surface area contributed by atoms with Gasteiger partial charge in [0.2, 0.25) is 0 Å². The lowest BCUT2D eigenvalue weighted by Gasteiger charge is -2.19. The molecular weight excluding hydrogens is 416 g/mol. The minimum Gasteiger partial charge on any atom is -0.449 e. The lowest BCUT2D eigenvalue weighted by molar-refractivity contribution is 0.144. The molecular formula is C27H22N2O4. The first-order valence-electron chi connectivity index (χ1n) is 10.4. The summed E-state index contributed by atoms with van der Waals surface area (Å²) in [5.74, 6) is 0.268. The van der Waals surface area contributed by atoms with Crippen LogP contribution in [0, 0.1) is 0 Å². The summed E-state index contributed by atoms with van der Waals surface area (Å²) in [7, 11) is 0. The van der Waals surface area contributed by atoms with Crippen LogP contribution in [0.5, 0.6) is 5.75 Å². The number of hydrogen-bond donors (Lipinski definition) is 2. The standard InChI is InChI=1S/C27H22N2O4/c30-27(31)33-24-12-10-20(11-13-24)19-6-8-22(9-7-19)25(21-4-2-1-3-5-21)18-26(29-32)23-14-16-28-17-15-23/h1-17,25,32H,18H2,(H,30,31)/b29-26+. The maximum atomic E-state index is 10.7. The van der Waals surface area contributed by atoms with Crippen LogP contribution in [0.25, 0.3) is 11.1 Å². The number of aromatic nitrogens is 1. The summed E-state index contributed by atoms with van der Waals surface area (Å²) in [4.78, 5) is 14.7. The van der Waals surface area contributed by atoms with Crippen molar-refractivity contribution in [3.05, 3.63) is 120 Å². The molecule has 0 aliphatic heterocycles. The molecule has 0 bridgehead atoms. The molecule has 33 heavy (non-hydrogen) atoms.